The lowest BCUT2D eigenvalue weighted by atomic mass is 9.95. The summed E-state index contributed by atoms with van der Waals surface area (Å²) in [5.41, 5.74) is 4.46. The Bertz CT molecular complexity index is 1180. The zero-order valence-electron chi connectivity index (χ0n) is 15.1. The van der Waals surface area contributed by atoms with Crippen molar-refractivity contribution >= 4 is 38.4 Å². The van der Waals surface area contributed by atoms with E-state index in [0.717, 1.165) is 38.2 Å². The molecule has 4 aromatic carbocycles. The van der Waals surface area contributed by atoms with Gasteiger partial charge >= 0.3 is 0 Å². The van der Waals surface area contributed by atoms with E-state index in [-0.39, 0.29) is 0 Å². The highest BCUT2D eigenvalue weighted by Gasteiger charge is 2.20. The zero-order valence-corrected chi connectivity index (χ0v) is 16.7. The van der Waals surface area contributed by atoms with Crippen LogP contribution < -0.4 is 4.74 Å². The van der Waals surface area contributed by atoms with E-state index in [1.807, 2.05) is 12.1 Å². The average molecular weight is 425 g/mol. The maximum Gasteiger partial charge on any atom is 0.149 e. The van der Waals surface area contributed by atoms with Gasteiger partial charge in [-0.3, -0.25) is 0 Å². The molecule has 0 saturated carbocycles. The van der Waals surface area contributed by atoms with Crippen LogP contribution in [0.25, 0.3) is 22.4 Å². The number of ether oxygens (including phenoxy) is 1. The lowest BCUT2D eigenvalue weighted by Crippen LogP contribution is -2.05. The molecule has 0 spiro atoms. The third-order valence-corrected chi connectivity index (χ3v) is 5.57. The van der Waals surface area contributed by atoms with Gasteiger partial charge in [-0.15, -0.1) is 0 Å². The van der Waals surface area contributed by atoms with Crippen molar-refractivity contribution in [3.63, 3.8) is 0 Å². The summed E-state index contributed by atoms with van der Waals surface area (Å²) in [5.74, 6) is 1.71. The predicted octanol–water partition coefficient (Wildman–Crippen LogP) is 7.47. The summed E-state index contributed by atoms with van der Waals surface area (Å²) in [5, 5.41) is 2.39. The first-order valence-electron chi connectivity index (χ1n) is 9.23. The van der Waals surface area contributed by atoms with E-state index in [1.165, 1.54) is 10.8 Å². The maximum absolute atomic E-state index is 6.49. The number of fused-ring (bicyclic) bond motifs is 3. The standard InChI is InChI=1S/C26H17BrO/c27-23-17-20-13-7-8-14-21(20)22-15-16-24(28-26(22)23)25(18-9-3-1-4-10-18)19-11-5-2-6-12-19/h1-17H. The van der Waals surface area contributed by atoms with E-state index in [0.29, 0.717) is 0 Å². The van der Waals surface area contributed by atoms with Gasteiger partial charge in [0.15, 0.2) is 0 Å². The number of hydrogen-bond acceptors (Lipinski definition) is 1. The molecule has 0 saturated heterocycles. The number of rotatable bonds is 2. The molecule has 1 nitrogen and oxygen atoms in total. The van der Waals surface area contributed by atoms with Crippen LogP contribution in [0.5, 0.6) is 5.75 Å². The second-order valence-electron chi connectivity index (χ2n) is 6.73. The first-order chi connectivity index (χ1) is 13.8. The Morgan fingerprint density at radius 1 is 0.679 bits per heavy atom. The van der Waals surface area contributed by atoms with Crippen LogP contribution in [0, 0.1) is 0 Å². The highest BCUT2D eigenvalue weighted by atomic mass is 79.9. The van der Waals surface area contributed by atoms with Crippen molar-refractivity contribution in [3.8, 4) is 5.75 Å². The molecule has 5 rings (SSSR count). The molecule has 4 aromatic rings. The van der Waals surface area contributed by atoms with Crippen molar-refractivity contribution in [1.82, 2.24) is 0 Å². The minimum Gasteiger partial charge on any atom is -0.455 e. The van der Waals surface area contributed by atoms with Crippen LogP contribution in [-0.4, -0.2) is 0 Å². The average Bonchev–Trinajstić information content (AvgIpc) is 2.76. The predicted molar refractivity (Wildman–Crippen MR) is 120 cm³/mol. The molecule has 1 aliphatic heterocycles. The molecule has 0 aliphatic carbocycles. The number of hydrogen-bond donors (Lipinski definition) is 0. The number of halogens is 1. The van der Waals surface area contributed by atoms with Crippen LogP contribution >= 0.6 is 15.9 Å². The van der Waals surface area contributed by atoms with Crippen LogP contribution in [0.4, 0.5) is 0 Å². The van der Waals surface area contributed by atoms with E-state index in [9.17, 15) is 0 Å². The third-order valence-electron chi connectivity index (χ3n) is 4.98. The van der Waals surface area contributed by atoms with Gasteiger partial charge in [0, 0.05) is 11.1 Å². The SMILES string of the molecule is Brc1cc2ccccc2c2c1OC(=C(c1ccccc1)c1ccccc1)C=C2. The highest BCUT2D eigenvalue weighted by Crippen LogP contribution is 2.42. The Morgan fingerprint density at radius 2 is 1.29 bits per heavy atom. The Morgan fingerprint density at radius 3 is 1.96 bits per heavy atom. The molecule has 0 amide bonds. The number of benzene rings is 4. The van der Waals surface area contributed by atoms with Gasteiger partial charge in [0.25, 0.3) is 0 Å². The van der Waals surface area contributed by atoms with Gasteiger partial charge in [0.1, 0.15) is 11.5 Å². The van der Waals surface area contributed by atoms with Crippen LogP contribution in [0.3, 0.4) is 0 Å². The molecule has 0 N–H and O–H groups in total. The molecule has 0 aromatic heterocycles. The number of allylic oxidation sites excluding steroid dienone is 1. The van der Waals surface area contributed by atoms with E-state index in [2.05, 4.69) is 107 Å². The lowest BCUT2D eigenvalue weighted by molar-refractivity contribution is 0.440. The van der Waals surface area contributed by atoms with Gasteiger partial charge in [-0.25, -0.2) is 0 Å². The fraction of sp³-hybridized carbons (Fsp3) is 0. The fourth-order valence-corrected chi connectivity index (χ4v) is 4.23. The summed E-state index contributed by atoms with van der Waals surface area (Å²) in [6.07, 6.45) is 4.24. The smallest absolute Gasteiger partial charge is 0.149 e. The van der Waals surface area contributed by atoms with Gasteiger partial charge in [0.05, 0.1) is 4.47 Å². The fourth-order valence-electron chi connectivity index (χ4n) is 3.69. The van der Waals surface area contributed by atoms with Crippen molar-refractivity contribution in [2.75, 3.05) is 0 Å². The van der Waals surface area contributed by atoms with Crippen LogP contribution in [0.15, 0.2) is 107 Å². The van der Waals surface area contributed by atoms with Gasteiger partial charge in [-0.1, -0.05) is 84.9 Å². The molecular weight excluding hydrogens is 408 g/mol. The van der Waals surface area contributed by atoms with Crippen molar-refractivity contribution < 1.29 is 4.74 Å². The van der Waals surface area contributed by atoms with Crippen LogP contribution in [0.2, 0.25) is 0 Å². The molecule has 1 heterocycles. The van der Waals surface area contributed by atoms with Crippen LogP contribution in [-0.2, 0) is 0 Å². The molecule has 0 radical (unpaired) electrons. The molecule has 1 aliphatic rings. The summed E-state index contributed by atoms with van der Waals surface area (Å²) in [4.78, 5) is 0. The Kier molecular flexibility index (Phi) is 4.34. The minimum absolute atomic E-state index is 0.848. The van der Waals surface area contributed by atoms with E-state index < -0.39 is 0 Å². The largest absolute Gasteiger partial charge is 0.455 e. The molecule has 2 heteroatoms. The summed E-state index contributed by atoms with van der Waals surface area (Å²) in [7, 11) is 0. The zero-order chi connectivity index (χ0) is 18.9. The normalized spacial score (nSPS) is 12.5. The maximum atomic E-state index is 6.49. The van der Waals surface area contributed by atoms with E-state index in [1.54, 1.807) is 0 Å². The summed E-state index contributed by atoms with van der Waals surface area (Å²) < 4.78 is 7.45. The minimum atomic E-state index is 0.848. The first kappa shape index (κ1) is 17.0. The first-order valence-corrected chi connectivity index (χ1v) is 10.0. The summed E-state index contributed by atoms with van der Waals surface area (Å²) in [6, 6.07) is 31.3. The molecule has 0 fully saturated rings. The van der Waals surface area contributed by atoms with Crippen LogP contribution in [0.1, 0.15) is 16.7 Å². The van der Waals surface area contributed by atoms with Crippen molar-refractivity contribution in [2.24, 2.45) is 0 Å². The lowest BCUT2D eigenvalue weighted by Gasteiger charge is -2.21. The Hall–Kier alpha value is -3.10. The summed E-state index contributed by atoms with van der Waals surface area (Å²) in [6.45, 7) is 0. The van der Waals surface area contributed by atoms with Crippen molar-refractivity contribution in [3.05, 3.63) is 124 Å². The van der Waals surface area contributed by atoms with E-state index in [4.69, 9.17) is 4.74 Å². The van der Waals surface area contributed by atoms with Gasteiger partial charge in [-0.05, 0) is 56.0 Å². The van der Waals surface area contributed by atoms with Gasteiger partial charge in [-0.2, -0.15) is 0 Å². The topological polar surface area (TPSA) is 9.23 Å². The molecule has 134 valence electrons. The van der Waals surface area contributed by atoms with Gasteiger partial charge < -0.3 is 4.74 Å². The van der Waals surface area contributed by atoms with Gasteiger partial charge in [0.2, 0.25) is 0 Å². The van der Waals surface area contributed by atoms with E-state index >= 15 is 0 Å². The molecule has 0 bridgehead atoms. The second kappa shape index (κ2) is 7.14. The molecule has 28 heavy (non-hydrogen) atoms. The van der Waals surface area contributed by atoms with Crippen molar-refractivity contribution in [2.45, 2.75) is 0 Å². The molecule has 0 unspecified atom stereocenters. The molecule has 0 atom stereocenters. The Labute approximate surface area is 172 Å². The highest BCUT2D eigenvalue weighted by molar-refractivity contribution is 9.10. The van der Waals surface area contributed by atoms with Crippen molar-refractivity contribution in [1.29, 1.82) is 0 Å². The quantitative estimate of drug-likeness (QED) is 0.324. The monoisotopic (exact) mass is 424 g/mol. The molecular formula is C26H17BrO. The third kappa shape index (κ3) is 2.96. The summed E-state index contributed by atoms with van der Waals surface area (Å²) >= 11 is 3.71. The Balaban J connectivity index is 1.74. The second-order valence-corrected chi connectivity index (χ2v) is 7.58.